The zero-order valence-electron chi connectivity index (χ0n) is 22.6. The molecule has 39 heavy (non-hydrogen) atoms. The summed E-state index contributed by atoms with van der Waals surface area (Å²) in [5.74, 6) is 0.613. The number of hydrogen-bond acceptors (Lipinski definition) is 4. The third-order valence-corrected chi connectivity index (χ3v) is 7.84. The number of nitrogens with one attached hydrogen (secondary N) is 1. The van der Waals surface area contributed by atoms with Gasteiger partial charge in [0.15, 0.2) is 5.11 Å². The van der Waals surface area contributed by atoms with Gasteiger partial charge in [-0.1, -0.05) is 36.7 Å². The lowest BCUT2D eigenvalue weighted by atomic mass is 9.96. The van der Waals surface area contributed by atoms with Gasteiger partial charge in [0.2, 0.25) is 0 Å². The fourth-order valence-corrected chi connectivity index (χ4v) is 5.88. The van der Waals surface area contributed by atoms with E-state index in [1.807, 2.05) is 42.6 Å². The van der Waals surface area contributed by atoms with Crippen molar-refractivity contribution in [2.24, 2.45) is 0 Å². The monoisotopic (exact) mass is 560 g/mol. The molecular formula is C31H33ClN4O2S. The molecule has 2 atom stereocenters. The lowest BCUT2D eigenvalue weighted by Gasteiger charge is -2.28. The number of pyridine rings is 1. The topological polar surface area (TPSA) is 51.6 Å². The van der Waals surface area contributed by atoms with Gasteiger partial charge in [0.1, 0.15) is 12.4 Å². The van der Waals surface area contributed by atoms with Crippen molar-refractivity contribution in [3.8, 4) is 11.4 Å². The number of nitrogens with zero attached hydrogens (tertiary/aromatic N) is 3. The summed E-state index contributed by atoms with van der Waals surface area (Å²) in [6.07, 6.45) is 2.83. The third-order valence-electron chi connectivity index (χ3n) is 7.23. The van der Waals surface area contributed by atoms with Gasteiger partial charge in [0.05, 0.1) is 29.4 Å². The van der Waals surface area contributed by atoms with E-state index in [4.69, 9.17) is 38.3 Å². The van der Waals surface area contributed by atoms with Crippen molar-refractivity contribution in [1.29, 1.82) is 0 Å². The highest BCUT2D eigenvalue weighted by Crippen LogP contribution is 2.45. The van der Waals surface area contributed by atoms with E-state index < -0.39 is 0 Å². The normalized spacial score (nSPS) is 16.9. The van der Waals surface area contributed by atoms with Crippen LogP contribution in [0.1, 0.15) is 47.2 Å². The molecule has 0 unspecified atom stereocenters. The molecule has 1 N–H and O–H groups in total. The van der Waals surface area contributed by atoms with Gasteiger partial charge in [-0.3, -0.25) is 4.98 Å². The van der Waals surface area contributed by atoms with Gasteiger partial charge in [-0.15, -0.1) is 0 Å². The van der Waals surface area contributed by atoms with Crippen molar-refractivity contribution in [3.63, 3.8) is 0 Å². The molecule has 1 saturated heterocycles. The highest BCUT2D eigenvalue weighted by atomic mass is 35.5. The number of aromatic nitrogens is 2. The lowest BCUT2D eigenvalue weighted by molar-refractivity contribution is 0.146. The molecule has 0 bridgehead atoms. The van der Waals surface area contributed by atoms with Crippen LogP contribution in [-0.4, -0.2) is 35.0 Å². The highest BCUT2D eigenvalue weighted by Gasteiger charge is 2.42. The van der Waals surface area contributed by atoms with Crippen LogP contribution in [0.2, 0.25) is 5.02 Å². The zero-order chi connectivity index (χ0) is 27.5. The fraction of sp³-hybridized carbons (Fsp3) is 0.290. The van der Waals surface area contributed by atoms with Crippen LogP contribution in [-0.2, 0) is 11.2 Å². The van der Waals surface area contributed by atoms with E-state index in [0.29, 0.717) is 29.1 Å². The quantitative estimate of drug-likeness (QED) is 0.177. The summed E-state index contributed by atoms with van der Waals surface area (Å²) < 4.78 is 13.2. The second-order valence-corrected chi connectivity index (χ2v) is 10.4. The molecule has 3 heterocycles. The molecule has 2 aromatic heterocycles. The molecule has 1 fully saturated rings. The summed E-state index contributed by atoms with van der Waals surface area (Å²) in [7, 11) is 1.64. The minimum Gasteiger partial charge on any atom is -0.490 e. The van der Waals surface area contributed by atoms with Gasteiger partial charge in [0.25, 0.3) is 0 Å². The number of rotatable bonds is 9. The summed E-state index contributed by atoms with van der Waals surface area (Å²) in [5, 5.41) is 4.69. The van der Waals surface area contributed by atoms with Crippen LogP contribution in [0.15, 0.2) is 72.9 Å². The second-order valence-electron chi connectivity index (χ2n) is 9.63. The van der Waals surface area contributed by atoms with Crippen molar-refractivity contribution in [2.45, 2.75) is 39.3 Å². The highest BCUT2D eigenvalue weighted by molar-refractivity contribution is 7.80. The molecule has 1 aliphatic heterocycles. The molecule has 4 aromatic rings. The first kappa shape index (κ1) is 27.2. The number of aryl methyl sites for hydroxylation is 2. The Morgan fingerprint density at radius 2 is 1.77 bits per heavy atom. The Bertz CT molecular complexity index is 1460. The van der Waals surface area contributed by atoms with Crippen LogP contribution in [0.5, 0.6) is 5.75 Å². The second kappa shape index (κ2) is 11.8. The first-order chi connectivity index (χ1) is 18.9. The molecule has 6 nitrogen and oxygen atoms in total. The Hall–Kier alpha value is -3.39. The smallest absolute Gasteiger partial charge is 0.174 e. The number of halogens is 1. The van der Waals surface area contributed by atoms with Crippen LogP contribution in [0.25, 0.3) is 5.69 Å². The molecule has 0 amide bonds. The van der Waals surface area contributed by atoms with Gasteiger partial charge in [-0.05, 0) is 92.1 Å². The van der Waals surface area contributed by atoms with Gasteiger partial charge < -0.3 is 24.3 Å². The Morgan fingerprint density at radius 1 is 1.00 bits per heavy atom. The van der Waals surface area contributed by atoms with E-state index in [-0.39, 0.29) is 12.1 Å². The molecule has 0 aliphatic carbocycles. The molecule has 0 spiro atoms. The molecule has 0 radical (unpaired) electrons. The van der Waals surface area contributed by atoms with Gasteiger partial charge in [-0.2, -0.15) is 0 Å². The van der Waals surface area contributed by atoms with Crippen LogP contribution < -0.4 is 15.0 Å². The van der Waals surface area contributed by atoms with Crippen molar-refractivity contribution in [3.05, 3.63) is 106 Å². The van der Waals surface area contributed by atoms with E-state index in [1.165, 1.54) is 11.1 Å². The maximum atomic E-state index is 6.67. The predicted octanol–water partition coefficient (Wildman–Crippen LogP) is 6.91. The summed E-state index contributed by atoms with van der Waals surface area (Å²) >= 11 is 12.6. The molecule has 5 rings (SSSR count). The van der Waals surface area contributed by atoms with Crippen molar-refractivity contribution in [1.82, 2.24) is 14.9 Å². The summed E-state index contributed by atoms with van der Waals surface area (Å²) in [6.45, 7) is 7.41. The third kappa shape index (κ3) is 5.39. The minimum absolute atomic E-state index is 0.140. The van der Waals surface area contributed by atoms with E-state index >= 15 is 0 Å². The molecule has 8 heteroatoms. The largest absolute Gasteiger partial charge is 0.490 e. The minimum atomic E-state index is -0.147. The molecule has 0 saturated carbocycles. The van der Waals surface area contributed by atoms with E-state index in [2.05, 4.69) is 65.9 Å². The summed E-state index contributed by atoms with van der Waals surface area (Å²) in [5.41, 5.74) is 7.76. The summed E-state index contributed by atoms with van der Waals surface area (Å²) in [6, 6.07) is 22.5. The maximum Gasteiger partial charge on any atom is 0.174 e. The standard InChI is InChI=1S/C31H33ClN4O2S/c1-5-22-9-11-23(12-10-22)35-20(2)18-25(21(35)3)30-29(27-8-6-7-15-33-27)34-31(39)36(30)24-13-14-28(26(32)19-24)38-17-16-37-4/h6-15,18-19,29-30H,5,16-17H2,1-4H3,(H,34,39)/t29-,30-/m1/s1. The van der Waals surface area contributed by atoms with Gasteiger partial charge in [0, 0.05) is 36.1 Å². The van der Waals surface area contributed by atoms with Crippen LogP contribution in [0.3, 0.4) is 0 Å². The first-order valence-electron chi connectivity index (χ1n) is 13.1. The van der Waals surface area contributed by atoms with Crippen molar-refractivity contribution >= 4 is 34.6 Å². The molecule has 2 aromatic carbocycles. The number of thiocarbonyl (C=S) groups is 1. The Morgan fingerprint density at radius 3 is 2.44 bits per heavy atom. The van der Waals surface area contributed by atoms with E-state index in [1.54, 1.807) is 7.11 Å². The SMILES string of the molecule is CCc1ccc(-n2c(C)cc([C@@H]3[C@@H](c4ccccn4)NC(=S)N3c3ccc(OCCOC)c(Cl)c3)c2C)cc1. The average Bonchev–Trinajstić information content (AvgIpc) is 3.45. The Kier molecular flexibility index (Phi) is 8.21. The Labute approximate surface area is 240 Å². The first-order valence-corrected chi connectivity index (χ1v) is 13.9. The number of ether oxygens (including phenoxy) is 2. The predicted molar refractivity (Wildman–Crippen MR) is 161 cm³/mol. The number of methoxy groups -OCH3 is 1. The van der Waals surface area contributed by atoms with E-state index in [0.717, 1.165) is 34.9 Å². The molecule has 1 aliphatic rings. The van der Waals surface area contributed by atoms with E-state index in [9.17, 15) is 0 Å². The number of benzene rings is 2. The van der Waals surface area contributed by atoms with Crippen LogP contribution >= 0.6 is 23.8 Å². The lowest BCUT2D eigenvalue weighted by Crippen LogP contribution is -2.29. The fourth-order valence-electron chi connectivity index (χ4n) is 5.31. The van der Waals surface area contributed by atoms with Crippen molar-refractivity contribution < 1.29 is 9.47 Å². The zero-order valence-corrected chi connectivity index (χ0v) is 24.2. The van der Waals surface area contributed by atoms with Gasteiger partial charge in [-0.25, -0.2) is 0 Å². The summed E-state index contributed by atoms with van der Waals surface area (Å²) in [4.78, 5) is 6.84. The maximum absolute atomic E-state index is 6.67. The van der Waals surface area contributed by atoms with Gasteiger partial charge >= 0.3 is 0 Å². The number of hydrogen-bond donors (Lipinski definition) is 1. The Balaban J connectivity index is 1.59. The van der Waals surface area contributed by atoms with Crippen molar-refractivity contribution in [2.75, 3.05) is 25.2 Å². The van der Waals surface area contributed by atoms with Crippen LogP contribution in [0.4, 0.5) is 5.69 Å². The molecular weight excluding hydrogens is 528 g/mol. The average molecular weight is 561 g/mol. The van der Waals surface area contributed by atoms with Crippen LogP contribution in [0, 0.1) is 13.8 Å². The molecule has 202 valence electrons. The number of anilines is 1.